The molecule has 1 saturated carbocycles. The Morgan fingerprint density at radius 1 is 1.16 bits per heavy atom. The molecule has 0 spiro atoms. The van der Waals surface area contributed by atoms with Crippen molar-refractivity contribution in [2.24, 2.45) is 5.92 Å². The summed E-state index contributed by atoms with van der Waals surface area (Å²) < 4.78 is 4.87. The molecule has 0 aromatic rings. The first-order valence-corrected chi connectivity index (χ1v) is 7.27. The van der Waals surface area contributed by atoms with E-state index in [1.54, 1.807) is 4.90 Å². The topological polar surface area (TPSA) is 58.6 Å². The van der Waals surface area contributed by atoms with Gasteiger partial charge < -0.3 is 15.0 Å². The Balaban J connectivity index is 2.69. The summed E-state index contributed by atoms with van der Waals surface area (Å²) >= 11 is 0. The average Bonchev–Trinajstić information content (AvgIpc) is 2.64. The molecule has 0 bridgehead atoms. The third-order valence-corrected chi connectivity index (χ3v) is 3.88. The van der Waals surface area contributed by atoms with Gasteiger partial charge in [-0.05, 0) is 26.7 Å². The molecule has 110 valence electrons. The molecule has 0 radical (unpaired) electrons. The summed E-state index contributed by atoms with van der Waals surface area (Å²) in [7, 11) is 1.41. The fraction of sp³-hybridized carbons (Fsp3) is 0.857. The van der Waals surface area contributed by atoms with Crippen LogP contribution in [0.4, 0.5) is 4.79 Å². The zero-order chi connectivity index (χ0) is 14.3. The smallest absolute Gasteiger partial charge is 0.317 e. The van der Waals surface area contributed by atoms with Gasteiger partial charge in [-0.15, -0.1) is 0 Å². The van der Waals surface area contributed by atoms with Crippen molar-refractivity contribution in [1.29, 1.82) is 0 Å². The van der Waals surface area contributed by atoms with Gasteiger partial charge in [0.05, 0.1) is 13.0 Å². The van der Waals surface area contributed by atoms with Gasteiger partial charge in [0.15, 0.2) is 0 Å². The number of rotatable bonds is 4. The number of carbonyl (C=O) groups is 2. The van der Waals surface area contributed by atoms with Crippen LogP contribution in [0.1, 0.15) is 46.0 Å². The molecule has 1 N–H and O–H groups in total. The van der Waals surface area contributed by atoms with Crippen LogP contribution in [0, 0.1) is 5.92 Å². The standard InChI is InChI=1S/C14H26N2O3/c1-4-16(5-2)14(18)15-12-10-8-6-7-9-11(12)13(17)19-3/h11-12H,4-10H2,1-3H3,(H,15,18)/t11-,12-/m0/s1. The highest BCUT2D eigenvalue weighted by molar-refractivity contribution is 5.77. The summed E-state index contributed by atoms with van der Waals surface area (Å²) in [5.74, 6) is -0.404. The van der Waals surface area contributed by atoms with Gasteiger partial charge in [0.2, 0.25) is 0 Å². The minimum Gasteiger partial charge on any atom is -0.469 e. The lowest BCUT2D eigenvalue weighted by atomic mass is 9.95. The first-order chi connectivity index (χ1) is 9.13. The van der Waals surface area contributed by atoms with Crippen molar-refractivity contribution >= 4 is 12.0 Å². The third-order valence-electron chi connectivity index (χ3n) is 3.88. The van der Waals surface area contributed by atoms with E-state index in [0.717, 1.165) is 32.1 Å². The Morgan fingerprint density at radius 3 is 2.37 bits per heavy atom. The van der Waals surface area contributed by atoms with E-state index in [4.69, 9.17) is 4.74 Å². The van der Waals surface area contributed by atoms with Crippen molar-refractivity contribution in [2.45, 2.75) is 52.0 Å². The van der Waals surface area contributed by atoms with Crippen LogP contribution in [0.2, 0.25) is 0 Å². The number of amides is 2. The van der Waals surface area contributed by atoms with E-state index >= 15 is 0 Å². The minimum absolute atomic E-state index is 0.0780. The van der Waals surface area contributed by atoms with Gasteiger partial charge >= 0.3 is 12.0 Å². The average molecular weight is 270 g/mol. The van der Waals surface area contributed by atoms with E-state index in [-0.39, 0.29) is 24.0 Å². The van der Waals surface area contributed by atoms with Crippen LogP contribution in [-0.4, -0.2) is 43.1 Å². The molecule has 0 aromatic heterocycles. The van der Waals surface area contributed by atoms with Crippen molar-refractivity contribution in [3.05, 3.63) is 0 Å². The van der Waals surface area contributed by atoms with Crippen LogP contribution in [0.5, 0.6) is 0 Å². The highest BCUT2D eigenvalue weighted by Gasteiger charge is 2.32. The third kappa shape index (κ3) is 4.40. The molecule has 19 heavy (non-hydrogen) atoms. The monoisotopic (exact) mass is 270 g/mol. The lowest BCUT2D eigenvalue weighted by Crippen LogP contribution is -2.49. The van der Waals surface area contributed by atoms with Crippen LogP contribution in [-0.2, 0) is 9.53 Å². The number of esters is 1. The molecule has 2 atom stereocenters. The summed E-state index contributed by atoms with van der Waals surface area (Å²) in [4.78, 5) is 25.7. The Hall–Kier alpha value is -1.26. The Bertz CT molecular complexity index is 303. The van der Waals surface area contributed by atoms with Crippen LogP contribution >= 0.6 is 0 Å². The molecule has 1 rings (SSSR count). The lowest BCUT2D eigenvalue weighted by Gasteiger charge is -2.27. The van der Waals surface area contributed by atoms with E-state index in [1.807, 2.05) is 13.8 Å². The maximum atomic E-state index is 12.1. The van der Waals surface area contributed by atoms with Gasteiger partial charge in [0.25, 0.3) is 0 Å². The predicted molar refractivity (Wildman–Crippen MR) is 73.8 cm³/mol. The maximum absolute atomic E-state index is 12.1. The molecule has 0 saturated heterocycles. The fourth-order valence-electron chi connectivity index (χ4n) is 2.67. The van der Waals surface area contributed by atoms with Gasteiger partial charge in [0, 0.05) is 19.1 Å². The van der Waals surface area contributed by atoms with Crippen LogP contribution in [0.3, 0.4) is 0 Å². The molecule has 1 aliphatic rings. The summed E-state index contributed by atoms with van der Waals surface area (Å²) in [6.45, 7) is 5.26. The molecule has 5 nitrogen and oxygen atoms in total. The Kier molecular flexibility index (Phi) is 6.67. The molecule has 1 aliphatic carbocycles. The molecular formula is C14H26N2O3. The van der Waals surface area contributed by atoms with E-state index in [1.165, 1.54) is 7.11 Å². The number of nitrogens with zero attached hydrogens (tertiary/aromatic N) is 1. The van der Waals surface area contributed by atoms with Gasteiger partial charge in [-0.2, -0.15) is 0 Å². The fourth-order valence-corrected chi connectivity index (χ4v) is 2.67. The summed E-state index contributed by atoms with van der Waals surface area (Å²) in [6.07, 6.45) is 4.85. The SMILES string of the molecule is CCN(CC)C(=O)N[C@H]1CCCCC[C@@H]1C(=O)OC. The van der Waals surface area contributed by atoms with Crippen molar-refractivity contribution in [3.8, 4) is 0 Å². The molecular weight excluding hydrogens is 244 g/mol. The lowest BCUT2D eigenvalue weighted by molar-refractivity contribution is -0.146. The van der Waals surface area contributed by atoms with Gasteiger partial charge in [-0.1, -0.05) is 19.3 Å². The van der Waals surface area contributed by atoms with Crippen molar-refractivity contribution < 1.29 is 14.3 Å². The number of nitrogens with one attached hydrogen (secondary N) is 1. The van der Waals surface area contributed by atoms with E-state index in [9.17, 15) is 9.59 Å². The Labute approximate surface area is 115 Å². The zero-order valence-electron chi connectivity index (χ0n) is 12.3. The number of carbonyl (C=O) groups excluding carboxylic acids is 2. The highest BCUT2D eigenvalue weighted by Crippen LogP contribution is 2.24. The second kappa shape index (κ2) is 8.02. The molecule has 0 aliphatic heterocycles. The predicted octanol–water partition coefficient (Wildman–Crippen LogP) is 2.16. The summed E-state index contributed by atoms with van der Waals surface area (Å²) in [5.41, 5.74) is 0. The van der Waals surface area contributed by atoms with Gasteiger partial charge in [-0.3, -0.25) is 4.79 Å². The number of methoxy groups -OCH3 is 1. The van der Waals surface area contributed by atoms with Crippen LogP contribution in [0.15, 0.2) is 0 Å². The van der Waals surface area contributed by atoms with Crippen molar-refractivity contribution in [1.82, 2.24) is 10.2 Å². The number of hydrogen-bond donors (Lipinski definition) is 1. The summed E-state index contributed by atoms with van der Waals surface area (Å²) in [6, 6.07) is -0.172. The van der Waals surface area contributed by atoms with E-state index < -0.39 is 0 Å². The first kappa shape index (κ1) is 15.8. The molecule has 0 aromatic carbocycles. The second-order valence-electron chi connectivity index (χ2n) is 5.00. The zero-order valence-corrected chi connectivity index (χ0v) is 12.3. The van der Waals surface area contributed by atoms with Gasteiger partial charge in [-0.25, -0.2) is 4.79 Å². The summed E-state index contributed by atoms with van der Waals surface area (Å²) in [5, 5.41) is 3.01. The number of urea groups is 1. The van der Waals surface area contributed by atoms with E-state index in [0.29, 0.717) is 13.1 Å². The normalized spacial score (nSPS) is 23.3. The first-order valence-electron chi connectivity index (χ1n) is 7.27. The number of hydrogen-bond acceptors (Lipinski definition) is 3. The Morgan fingerprint density at radius 2 is 1.79 bits per heavy atom. The van der Waals surface area contributed by atoms with Crippen LogP contribution < -0.4 is 5.32 Å². The van der Waals surface area contributed by atoms with Crippen molar-refractivity contribution in [2.75, 3.05) is 20.2 Å². The largest absolute Gasteiger partial charge is 0.469 e. The molecule has 0 heterocycles. The van der Waals surface area contributed by atoms with Crippen LogP contribution in [0.25, 0.3) is 0 Å². The minimum atomic E-state index is -0.202. The molecule has 0 unspecified atom stereocenters. The molecule has 2 amide bonds. The number of ether oxygens (including phenoxy) is 1. The second-order valence-corrected chi connectivity index (χ2v) is 5.00. The molecule has 1 fully saturated rings. The van der Waals surface area contributed by atoms with E-state index in [2.05, 4.69) is 5.32 Å². The quantitative estimate of drug-likeness (QED) is 0.629. The maximum Gasteiger partial charge on any atom is 0.317 e. The van der Waals surface area contributed by atoms with Crippen molar-refractivity contribution in [3.63, 3.8) is 0 Å². The van der Waals surface area contributed by atoms with Gasteiger partial charge in [0.1, 0.15) is 0 Å². The molecule has 5 heteroatoms. The highest BCUT2D eigenvalue weighted by atomic mass is 16.5.